The Balaban J connectivity index is 0.00000175. The Bertz CT molecular complexity index is 2280. The molecule has 0 saturated carbocycles. The highest BCUT2D eigenvalue weighted by atomic mass is 15.0. The molecule has 0 fully saturated rings. The van der Waals surface area contributed by atoms with Crippen LogP contribution in [0.4, 0.5) is 0 Å². The van der Waals surface area contributed by atoms with Gasteiger partial charge < -0.3 is 16.0 Å². The van der Waals surface area contributed by atoms with Crippen molar-refractivity contribution in [2.45, 2.75) is 13.8 Å². The van der Waals surface area contributed by atoms with Gasteiger partial charge in [-0.05, 0) is 86.5 Å². The Morgan fingerprint density at radius 3 is 2.00 bits per heavy atom. The molecule has 0 aliphatic rings. The van der Waals surface area contributed by atoms with E-state index in [1.807, 2.05) is 19.9 Å². The molecule has 7 rings (SSSR count). The van der Waals surface area contributed by atoms with Crippen LogP contribution in [-0.4, -0.2) is 4.57 Å². The van der Waals surface area contributed by atoms with Gasteiger partial charge >= 0.3 is 0 Å². The van der Waals surface area contributed by atoms with Crippen molar-refractivity contribution in [1.29, 1.82) is 0 Å². The lowest BCUT2D eigenvalue weighted by Gasteiger charge is -2.12. The maximum Gasteiger partial charge on any atom is 0.0619 e. The fraction of sp³-hybridized carbons (Fsp3) is 0.0476. The zero-order chi connectivity index (χ0) is 31.5. The van der Waals surface area contributed by atoms with E-state index >= 15 is 0 Å². The highest BCUT2D eigenvalue weighted by Gasteiger charge is 2.16. The minimum absolute atomic E-state index is 0.711. The summed E-state index contributed by atoms with van der Waals surface area (Å²) in [6, 6.07) is 41.3. The van der Waals surface area contributed by atoms with E-state index in [4.69, 9.17) is 11.5 Å². The first-order chi connectivity index (χ1) is 22.1. The van der Waals surface area contributed by atoms with Gasteiger partial charge in [0.2, 0.25) is 0 Å². The number of aromatic nitrogens is 1. The summed E-state index contributed by atoms with van der Waals surface area (Å²) in [6.45, 7) is 11.7. The van der Waals surface area contributed by atoms with Crippen LogP contribution in [0, 0.1) is 0 Å². The monoisotopic (exact) mass is 583 g/mol. The molecule has 0 saturated heterocycles. The molecule has 0 spiro atoms. The molecule has 0 radical (unpaired) electrons. The van der Waals surface area contributed by atoms with E-state index in [-0.39, 0.29) is 0 Å². The molecule has 0 aliphatic carbocycles. The normalized spacial score (nSPS) is 12.0. The SMILES string of the molecule is C=C/C=C(\N)c1ccc2cc(-c3ccc4c(ccc5c6ccc(/C(C=C)=C/N)cc6n(-c6ccccc6)c45)c3)ccc2c1.CC. The van der Waals surface area contributed by atoms with Crippen molar-refractivity contribution >= 4 is 54.6 Å². The molecule has 0 bridgehead atoms. The number of hydrogen-bond donors (Lipinski definition) is 2. The van der Waals surface area contributed by atoms with Crippen LogP contribution in [0.25, 0.3) is 71.4 Å². The third kappa shape index (κ3) is 5.19. The second-order valence-corrected chi connectivity index (χ2v) is 10.8. The number of fused-ring (bicyclic) bond motifs is 6. The van der Waals surface area contributed by atoms with Crippen LogP contribution in [-0.2, 0) is 0 Å². The predicted octanol–water partition coefficient (Wildman–Crippen LogP) is 10.8. The maximum absolute atomic E-state index is 6.19. The number of nitrogens with zero attached hydrogens (tertiary/aromatic N) is 1. The van der Waals surface area contributed by atoms with Crippen LogP contribution in [0.3, 0.4) is 0 Å². The molecule has 3 heteroatoms. The molecule has 4 N–H and O–H groups in total. The summed E-state index contributed by atoms with van der Waals surface area (Å²) in [4.78, 5) is 0. The molecule has 6 aromatic carbocycles. The molecule has 0 aliphatic heterocycles. The van der Waals surface area contributed by atoms with Crippen molar-refractivity contribution in [3.63, 3.8) is 0 Å². The molecule has 220 valence electrons. The van der Waals surface area contributed by atoms with E-state index in [9.17, 15) is 0 Å². The Morgan fingerprint density at radius 2 is 1.27 bits per heavy atom. The average molecular weight is 584 g/mol. The van der Waals surface area contributed by atoms with E-state index in [1.165, 1.54) is 43.6 Å². The van der Waals surface area contributed by atoms with E-state index in [0.29, 0.717) is 5.70 Å². The molecule has 3 nitrogen and oxygen atoms in total. The summed E-state index contributed by atoms with van der Waals surface area (Å²) >= 11 is 0. The van der Waals surface area contributed by atoms with E-state index in [1.54, 1.807) is 18.4 Å². The number of para-hydroxylation sites is 1. The van der Waals surface area contributed by atoms with E-state index < -0.39 is 0 Å². The Morgan fingerprint density at radius 1 is 0.644 bits per heavy atom. The van der Waals surface area contributed by atoms with Crippen molar-refractivity contribution in [2.75, 3.05) is 0 Å². The topological polar surface area (TPSA) is 57.0 Å². The van der Waals surface area contributed by atoms with Crippen LogP contribution in [0.1, 0.15) is 25.0 Å². The molecule has 45 heavy (non-hydrogen) atoms. The molecular formula is C42H37N3. The van der Waals surface area contributed by atoms with Gasteiger partial charge in [-0.15, -0.1) is 0 Å². The molecule has 0 amide bonds. The maximum atomic E-state index is 6.19. The number of nitrogens with two attached hydrogens (primary N) is 2. The second-order valence-electron chi connectivity index (χ2n) is 10.8. The van der Waals surface area contributed by atoms with Gasteiger partial charge in [-0.25, -0.2) is 0 Å². The summed E-state index contributed by atoms with van der Waals surface area (Å²) < 4.78 is 2.37. The minimum Gasteiger partial charge on any atom is -0.404 e. The van der Waals surface area contributed by atoms with Crippen molar-refractivity contribution in [1.82, 2.24) is 4.57 Å². The summed E-state index contributed by atoms with van der Waals surface area (Å²) in [5, 5.41) is 7.14. The van der Waals surface area contributed by atoms with Gasteiger partial charge in [0.05, 0.1) is 11.0 Å². The van der Waals surface area contributed by atoms with Crippen LogP contribution < -0.4 is 11.5 Å². The van der Waals surface area contributed by atoms with Crippen molar-refractivity contribution in [2.24, 2.45) is 11.5 Å². The lowest BCUT2D eigenvalue weighted by Crippen LogP contribution is -1.95. The third-order valence-corrected chi connectivity index (χ3v) is 8.30. The van der Waals surface area contributed by atoms with Crippen molar-refractivity contribution in [3.05, 3.63) is 164 Å². The van der Waals surface area contributed by atoms with Crippen molar-refractivity contribution in [3.8, 4) is 16.8 Å². The highest BCUT2D eigenvalue weighted by molar-refractivity contribution is 6.19. The molecular weight excluding hydrogens is 546 g/mol. The first-order valence-corrected chi connectivity index (χ1v) is 15.3. The largest absolute Gasteiger partial charge is 0.404 e. The first kappa shape index (κ1) is 29.3. The number of benzene rings is 6. The molecule has 7 aromatic rings. The molecule has 1 heterocycles. The van der Waals surface area contributed by atoms with Crippen LogP contribution in [0.15, 0.2) is 153 Å². The van der Waals surface area contributed by atoms with Crippen LogP contribution in [0.5, 0.6) is 0 Å². The summed E-state index contributed by atoms with van der Waals surface area (Å²) in [5.74, 6) is 0. The summed E-state index contributed by atoms with van der Waals surface area (Å²) in [6.07, 6.45) is 6.95. The Hall–Kier alpha value is -5.80. The lowest BCUT2D eigenvalue weighted by molar-refractivity contribution is 1.19. The second kappa shape index (κ2) is 12.4. The highest BCUT2D eigenvalue weighted by Crippen LogP contribution is 2.39. The molecule has 0 unspecified atom stereocenters. The summed E-state index contributed by atoms with van der Waals surface area (Å²) in [5.41, 5.74) is 21.6. The van der Waals surface area contributed by atoms with Gasteiger partial charge in [-0.1, -0.05) is 118 Å². The zero-order valence-corrected chi connectivity index (χ0v) is 25.8. The zero-order valence-electron chi connectivity index (χ0n) is 25.8. The first-order valence-electron chi connectivity index (χ1n) is 15.3. The van der Waals surface area contributed by atoms with E-state index in [0.717, 1.165) is 33.3 Å². The predicted molar refractivity (Wildman–Crippen MR) is 197 cm³/mol. The fourth-order valence-electron chi connectivity index (χ4n) is 6.15. The average Bonchev–Trinajstić information content (AvgIpc) is 3.43. The van der Waals surface area contributed by atoms with Crippen LogP contribution >= 0.6 is 0 Å². The Kier molecular flexibility index (Phi) is 8.09. The van der Waals surface area contributed by atoms with E-state index in [2.05, 4.69) is 133 Å². The number of rotatable bonds is 6. The number of allylic oxidation sites excluding steroid dienone is 4. The van der Waals surface area contributed by atoms with Gasteiger partial charge in [-0.3, -0.25) is 0 Å². The molecule has 1 aromatic heterocycles. The molecule has 0 atom stereocenters. The van der Waals surface area contributed by atoms with Gasteiger partial charge in [0.25, 0.3) is 0 Å². The standard InChI is InChI=1S/C40H31N3.C2H6/c1-3-8-38(42)33-14-13-28-21-27(11-12-29(28)23-33)30-15-18-35-32(22-30)17-20-37-36-19-16-31(26(4-2)25-41)24-39(36)43(40(35)37)34-9-6-5-7-10-34;1-2/h3-25H,1-2,41-42H2;1-2H3/b26-25+,38-8-;. The van der Waals surface area contributed by atoms with Gasteiger partial charge in [0, 0.05) is 33.7 Å². The van der Waals surface area contributed by atoms with Crippen molar-refractivity contribution < 1.29 is 0 Å². The smallest absolute Gasteiger partial charge is 0.0619 e. The third-order valence-electron chi connectivity index (χ3n) is 8.30. The lowest BCUT2D eigenvalue weighted by atomic mass is 9.96. The summed E-state index contributed by atoms with van der Waals surface area (Å²) in [7, 11) is 0. The van der Waals surface area contributed by atoms with Gasteiger partial charge in [0.1, 0.15) is 0 Å². The number of hydrogen-bond acceptors (Lipinski definition) is 2. The fourth-order valence-corrected chi connectivity index (χ4v) is 6.15. The van der Waals surface area contributed by atoms with Gasteiger partial charge in [0.15, 0.2) is 0 Å². The Labute approximate surface area is 264 Å². The quantitative estimate of drug-likeness (QED) is 0.191. The van der Waals surface area contributed by atoms with Crippen LogP contribution in [0.2, 0.25) is 0 Å². The van der Waals surface area contributed by atoms with Gasteiger partial charge in [-0.2, -0.15) is 0 Å². The minimum atomic E-state index is 0.711.